The predicted molar refractivity (Wildman–Crippen MR) is 80.3 cm³/mol. The predicted octanol–water partition coefficient (Wildman–Crippen LogP) is 4.03. The van der Waals surface area contributed by atoms with Crippen molar-refractivity contribution in [3.63, 3.8) is 0 Å². The number of benzene rings is 1. The van der Waals surface area contributed by atoms with Crippen LogP contribution < -0.4 is 0 Å². The van der Waals surface area contributed by atoms with Crippen molar-refractivity contribution in [2.75, 3.05) is 6.54 Å². The maximum atomic E-state index is 5.92. The largest absolute Gasteiger partial charge is 0.307 e. The Kier molecular flexibility index (Phi) is 4.15. The van der Waals surface area contributed by atoms with E-state index in [4.69, 9.17) is 4.18 Å². The molecule has 1 aromatic rings. The van der Waals surface area contributed by atoms with Crippen LogP contribution in [0.1, 0.15) is 38.2 Å². The summed E-state index contributed by atoms with van der Waals surface area (Å²) in [5.41, 5.74) is 1.30. The van der Waals surface area contributed by atoms with E-state index >= 15 is 0 Å². The van der Waals surface area contributed by atoms with Crippen molar-refractivity contribution < 1.29 is 4.18 Å². The highest BCUT2D eigenvalue weighted by Crippen LogP contribution is 2.36. The zero-order valence-electron chi connectivity index (χ0n) is 11.8. The van der Waals surface area contributed by atoms with E-state index in [1.165, 1.54) is 54.7 Å². The van der Waals surface area contributed by atoms with Crippen molar-refractivity contribution in [1.29, 1.82) is 0 Å². The molecule has 2 nitrogen and oxygen atoms in total. The van der Waals surface area contributed by atoms with Gasteiger partial charge in [0, 0.05) is 29.0 Å². The van der Waals surface area contributed by atoms with Gasteiger partial charge in [0.15, 0.2) is 0 Å². The summed E-state index contributed by atoms with van der Waals surface area (Å²) in [4.78, 5) is 3.89. The number of rotatable bonds is 4. The fraction of sp³-hybridized carbons (Fsp3) is 0.625. The standard InChI is InChI=1S/C16H23NOS/c1-12-5-7-16(8-6-12)19-18-15-10-14(11-15)17-9-3-4-13(17)2/h5-8,13-15H,3-4,9-11H2,1-2H3. The monoisotopic (exact) mass is 277 g/mol. The zero-order valence-corrected chi connectivity index (χ0v) is 12.7. The molecule has 19 heavy (non-hydrogen) atoms. The highest BCUT2D eigenvalue weighted by molar-refractivity contribution is 7.94. The van der Waals surface area contributed by atoms with Gasteiger partial charge in [-0.25, -0.2) is 0 Å². The van der Waals surface area contributed by atoms with Crippen molar-refractivity contribution >= 4 is 12.0 Å². The zero-order chi connectivity index (χ0) is 13.2. The van der Waals surface area contributed by atoms with Crippen LogP contribution in [0, 0.1) is 6.92 Å². The van der Waals surface area contributed by atoms with Gasteiger partial charge in [0.2, 0.25) is 0 Å². The van der Waals surface area contributed by atoms with E-state index in [0.717, 1.165) is 12.1 Å². The summed E-state index contributed by atoms with van der Waals surface area (Å²) in [7, 11) is 0. The molecule has 0 spiro atoms. The van der Waals surface area contributed by atoms with E-state index in [1.807, 2.05) is 0 Å². The Morgan fingerprint density at radius 3 is 2.58 bits per heavy atom. The summed E-state index contributed by atoms with van der Waals surface area (Å²) in [6.45, 7) is 5.77. The van der Waals surface area contributed by atoms with Gasteiger partial charge >= 0.3 is 0 Å². The van der Waals surface area contributed by atoms with Gasteiger partial charge in [0.1, 0.15) is 0 Å². The molecule has 3 rings (SSSR count). The number of hydrogen-bond acceptors (Lipinski definition) is 3. The molecule has 1 saturated carbocycles. The number of hydrogen-bond donors (Lipinski definition) is 0. The lowest BCUT2D eigenvalue weighted by Crippen LogP contribution is -2.48. The van der Waals surface area contributed by atoms with Crippen molar-refractivity contribution in [1.82, 2.24) is 4.90 Å². The van der Waals surface area contributed by atoms with Crippen LogP contribution in [0.3, 0.4) is 0 Å². The summed E-state index contributed by atoms with van der Waals surface area (Å²) in [6, 6.07) is 10.1. The van der Waals surface area contributed by atoms with E-state index in [1.54, 1.807) is 0 Å². The van der Waals surface area contributed by atoms with Crippen molar-refractivity contribution in [3.05, 3.63) is 29.8 Å². The topological polar surface area (TPSA) is 12.5 Å². The molecule has 1 unspecified atom stereocenters. The normalized spacial score (nSPS) is 31.4. The molecule has 1 atom stereocenters. The Balaban J connectivity index is 1.41. The molecule has 1 heterocycles. The third-order valence-electron chi connectivity index (χ3n) is 4.44. The fourth-order valence-corrected chi connectivity index (χ4v) is 3.75. The van der Waals surface area contributed by atoms with E-state index in [2.05, 4.69) is 43.0 Å². The van der Waals surface area contributed by atoms with Gasteiger partial charge in [-0.3, -0.25) is 4.90 Å². The molecule has 1 aliphatic heterocycles. The smallest absolute Gasteiger partial charge is 0.0756 e. The average Bonchev–Trinajstić information content (AvgIpc) is 2.76. The Morgan fingerprint density at radius 2 is 1.95 bits per heavy atom. The first-order valence-corrected chi connectivity index (χ1v) is 8.12. The third kappa shape index (κ3) is 3.15. The molecule has 0 aromatic heterocycles. The second-order valence-electron chi connectivity index (χ2n) is 5.97. The highest BCUT2D eigenvalue weighted by Gasteiger charge is 2.38. The van der Waals surface area contributed by atoms with Crippen LogP contribution in [0.5, 0.6) is 0 Å². The highest BCUT2D eigenvalue weighted by atomic mass is 32.2. The molecule has 2 fully saturated rings. The minimum absolute atomic E-state index is 0.448. The maximum absolute atomic E-state index is 5.92. The third-order valence-corrected chi connectivity index (χ3v) is 5.28. The molecule has 2 aliphatic rings. The van der Waals surface area contributed by atoms with Gasteiger partial charge in [-0.1, -0.05) is 17.7 Å². The summed E-state index contributed by atoms with van der Waals surface area (Å²) < 4.78 is 5.92. The molecule has 104 valence electrons. The molecular weight excluding hydrogens is 254 g/mol. The van der Waals surface area contributed by atoms with E-state index in [-0.39, 0.29) is 0 Å². The van der Waals surface area contributed by atoms with Gasteiger partial charge in [-0.15, -0.1) is 0 Å². The number of aryl methyl sites for hydroxylation is 1. The van der Waals surface area contributed by atoms with Gasteiger partial charge in [-0.05, 0) is 58.2 Å². The van der Waals surface area contributed by atoms with Gasteiger partial charge in [0.05, 0.1) is 6.10 Å². The number of nitrogens with zero attached hydrogens (tertiary/aromatic N) is 1. The van der Waals surface area contributed by atoms with Crippen LogP contribution in [0.4, 0.5) is 0 Å². The molecule has 3 heteroatoms. The quantitative estimate of drug-likeness (QED) is 0.771. The Hall–Kier alpha value is -0.510. The van der Waals surface area contributed by atoms with Crippen molar-refractivity contribution in [2.45, 2.75) is 62.6 Å². The molecule has 1 saturated heterocycles. The summed E-state index contributed by atoms with van der Waals surface area (Å²) >= 11 is 1.54. The summed E-state index contributed by atoms with van der Waals surface area (Å²) in [5.74, 6) is 0. The summed E-state index contributed by atoms with van der Waals surface area (Å²) in [5, 5.41) is 0. The minimum atomic E-state index is 0.448. The van der Waals surface area contributed by atoms with Crippen molar-refractivity contribution in [3.8, 4) is 0 Å². The van der Waals surface area contributed by atoms with Crippen LogP contribution in [-0.4, -0.2) is 29.6 Å². The van der Waals surface area contributed by atoms with Gasteiger partial charge in [0.25, 0.3) is 0 Å². The molecule has 0 amide bonds. The first-order valence-electron chi connectivity index (χ1n) is 7.38. The Bertz CT molecular complexity index is 413. The fourth-order valence-electron chi connectivity index (χ4n) is 3.10. The van der Waals surface area contributed by atoms with E-state index in [0.29, 0.717) is 6.10 Å². The summed E-state index contributed by atoms with van der Waals surface area (Å²) in [6.07, 6.45) is 5.62. The van der Waals surface area contributed by atoms with E-state index < -0.39 is 0 Å². The lowest BCUT2D eigenvalue weighted by Gasteiger charge is -2.42. The van der Waals surface area contributed by atoms with Crippen molar-refractivity contribution in [2.24, 2.45) is 0 Å². The second-order valence-corrected chi connectivity index (χ2v) is 6.80. The van der Waals surface area contributed by atoms with Crippen LogP contribution in [0.15, 0.2) is 29.2 Å². The SMILES string of the molecule is Cc1ccc(SOC2CC(N3CCCC3C)C2)cc1. The number of likely N-dealkylation sites (tertiary alicyclic amines) is 1. The first kappa shape index (κ1) is 13.5. The molecule has 0 bridgehead atoms. The van der Waals surface area contributed by atoms with Crippen LogP contribution >= 0.6 is 12.0 Å². The second kappa shape index (κ2) is 5.86. The van der Waals surface area contributed by atoms with Crippen LogP contribution in [0.25, 0.3) is 0 Å². The van der Waals surface area contributed by atoms with Crippen LogP contribution in [-0.2, 0) is 4.18 Å². The lowest BCUT2D eigenvalue weighted by molar-refractivity contribution is 0.0252. The van der Waals surface area contributed by atoms with Crippen LogP contribution in [0.2, 0.25) is 0 Å². The molecule has 1 aromatic carbocycles. The maximum Gasteiger partial charge on any atom is 0.0756 e. The van der Waals surface area contributed by atoms with Gasteiger partial charge in [-0.2, -0.15) is 0 Å². The van der Waals surface area contributed by atoms with Gasteiger partial charge < -0.3 is 4.18 Å². The molecular formula is C16H23NOS. The minimum Gasteiger partial charge on any atom is -0.307 e. The first-order chi connectivity index (χ1) is 9.22. The molecule has 1 aliphatic carbocycles. The molecule has 0 radical (unpaired) electrons. The Labute approximate surface area is 120 Å². The van der Waals surface area contributed by atoms with E-state index in [9.17, 15) is 0 Å². The Morgan fingerprint density at radius 1 is 1.21 bits per heavy atom. The average molecular weight is 277 g/mol. The molecule has 0 N–H and O–H groups in total. The lowest BCUT2D eigenvalue weighted by atomic mass is 9.88.